The van der Waals surface area contributed by atoms with Crippen LogP contribution in [0.5, 0.6) is 0 Å². The number of hydrogen-bond acceptors (Lipinski definition) is 2. The van der Waals surface area contributed by atoms with Crippen LogP contribution in [0.15, 0.2) is 0 Å². The van der Waals surface area contributed by atoms with E-state index in [0.29, 0.717) is 12.0 Å². The molecule has 0 bridgehead atoms. The Morgan fingerprint density at radius 3 is 2.07 bits per heavy atom. The summed E-state index contributed by atoms with van der Waals surface area (Å²) >= 11 is 0. The fraction of sp³-hybridized carbons (Fsp3) is 1.00. The van der Waals surface area contributed by atoms with E-state index in [1.807, 2.05) is 13.8 Å². The molecule has 0 radical (unpaired) electrons. The zero-order valence-electron chi connectivity index (χ0n) is 10.8. The van der Waals surface area contributed by atoms with E-state index in [-0.39, 0.29) is 0 Å². The molecule has 1 rings (SSSR count). The van der Waals surface area contributed by atoms with Crippen molar-refractivity contribution in [3.8, 4) is 0 Å². The molecule has 15 heavy (non-hydrogen) atoms. The van der Waals surface area contributed by atoms with Crippen LogP contribution in [0.3, 0.4) is 0 Å². The summed E-state index contributed by atoms with van der Waals surface area (Å²) in [5, 5.41) is 13.0. The predicted octanol–water partition coefficient (Wildman–Crippen LogP) is 2.56. The quantitative estimate of drug-likeness (QED) is 0.735. The molecule has 90 valence electrons. The lowest BCUT2D eigenvalue weighted by Crippen LogP contribution is -2.41. The lowest BCUT2D eigenvalue weighted by atomic mass is 9.77. The van der Waals surface area contributed by atoms with Gasteiger partial charge in [-0.2, -0.15) is 0 Å². The smallest absolute Gasteiger partial charge is 0.0715 e. The van der Waals surface area contributed by atoms with E-state index in [9.17, 15) is 5.11 Å². The number of nitrogens with one attached hydrogen (secondary N) is 1. The van der Waals surface area contributed by atoms with E-state index in [1.165, 1.54) is 25.7 Å². The summed E-state index contributed by atoms with van der Waals surface area (Å²) in [6, 6.07) is 0. The molecule has 0 unspecified atom stereocenters. The second-order valence-corrected chi connectivity index (χ2v) is 6.39. The van der Waals surface area contributed by atoms with Crippen molar-refractivity contribution in [1.29, 1.82) is 0 Å². The van der Waals surface area contributed by atoms with Crippen LogP contribution in [0.25, 0.3) is 0 Å². The third-order valence-electron chi connectivity index (χ3n) is 3.60. The van der Waals surface area contributed by atoms with Gasteiger partial charge in [0.2, 0.25) is 0 Å². The first-order valence-corrected chi connectivity index (χ1v) is 6.24. The van der Waals surface area contributed by atoms with Crippen molar-refractivity contribution in [2.24, 2.45) is 11.3 Å². The molecule has 0 amide bonds. The van der Waals surface area contributed by atoms with E-state index in [4.69, 9.17) is 0 Å². The fourth-order valence-corrected chi connectivity index (χ4v) is 2.54. The van der Waals surface area contributed by atoms with Gasteiger partial charge in [-0.15, -0.1) is 0 Å². The molecule has 1 aliphatic carbocycles. The zero-order valence-corrected chi connectivity index (χ0v) is 10.8. The van der Waals surface area contributed by atoms with Crippen molar-refractivity contribution < 1.29 is 5.11 Å². The Labute approximate surface area is 94.5 Å². The minimum atomic E-state index is -0.592. The van der Waals surface area contributed by atoms with Gasteiger partial charge in [-0.25, -0.2) is 0 Å². The van der Waals surface area contributed by atoms with E-state index >= 15 is 0 Å². The highest BCUT2D eigenvalue weighted by atomic mass is 16.3. The molecule has 2 nitrogen and oxygen atoms in total. The van der Waals surface area contributed by atoms with Crippen molar-refractivity contribution in [1.82, 2.24) is 5.32 Å². The molecular formula is C13H27NO. The highest BCUT2D eigenvalue weighted by Crippen LogP contribution is 2.38. The normalized spacial score (nSPS) is 19.8. The second kappa shape index (κ2) is 4.84. The SMILES string of the molecule is CC(C)(O)CNCC(C)(C)C1CCCC1. The molecule has 2 N–H and O–H groups in total. The van der Waals surface area contributed by atoms with Gasteiger partial charge in [0.15, 0.2) is 0 Å². The molecule has 0 aromatic carbocycles. The van der Waals surface area contributed by atoms with Gasteiger partial charge in [0, 0.05) is 13.1 Å². The van der Waals surface area contributed by atoms with Gasteiger partial charge >= 0.3 is 0 Å². The average Bonchev–Trinajstić information content (AvgIpc) is 2.52. The third kappa shape index (κ3) is 4.52. The van der Waals surface area contributed by atoms with Gasteiger partial charge in [0.05, 0.1) is 5.60 Å². The van der Waals surface area contributed by atoms with Crippen LogP contribution in [0, 0.1) is 11.3 Å². The van der Waals surface area contributed by atoms with Crippen LogP contribution in [-0.2, 0) is 0 Å². The maximum Gasteiger partial charge on any atom is 0.0715 e. The minimum Gasteiger partial charge on any atom is -0.389 e. The maximum absolute atomic E-state index is 9.62. The Hall–Kier alpha value is -0.0800. The highest BCUT2D eigenvalue weighted by molar-refractivity contribution is 4.84. The van der Waals surface area contributed by atoms with E-state index in [1.54, 1.807) is 0 Å². The van der Waals surface area contributed by atoms with E-state index in [2.05, 4.69) is 19.2 Å². The maximum atomic E-state index is 9.62. The molecule has 2 heteroatoms. The van der Waals surface area contributed by atoms with Crippen molar-refractivity contribution in [2.75, 3.05) is 13.1 Å². The fourth-order valence-electron chi connectivity index (χ4n) is 2.54. The molecule has 0 heterocycles. The van der Waals surface area contributed by atoms with Crippen molar-refractivity contribution in [3.63, 3.8) is 0 Å². The topological polar surface area (TPSA) is 32.3 Å². The number of hydrogen-bond donors (Lipinski definition) is 2. The Morgan fingerprint density at radius 1 is 1.07 bits per heavy atom. The average molecular weight is 213 g/mol. The van der Waals surface area contributed by atoms with Crippen LogP contribution in [0.4, 0.5) is 0 Å². The number of aliphatic hydroxyl groups is 1. The van der Waals surface area contributed by atoms with Gasteiger partial charge in [0.1, 0.15) is 0 Å². The Morgan fingerprint density at radius 2 is 1.60 bits per heavy atom. The van der Waals surface area contributed by atoms with E-state index in [0.717, 1.165) is 12.5 Å². The summed E-state index contributed by atoms with van der Waals surface area (Å²) in [5.41, 5.74) is -0.215. The van der Waals surface area contributed by atoms with Crippen LogP contribution in [0.2, 0.25) is 0 Å². The molecule has 1 saturated carbocycles. The second-order valence-electron chi connectivity index (χ2n) is 6.39. The largest absolute Gasteiger partial charge is 0.389 e. The van der Waals surface area contributed by atoms with Gasteiger partial charge in [-0.3, -0.25) is 0 Å². The van der Waals surface area contributed by atoms with Crippen molar-refractivity contribution in [3.05, 3.63) is 0 Å². The lowest BCUT2D eigenvalue weighted by molar-refractivity contribution is 0.0737. The van der Waals surface area contributed by atoms with Crippen LogP contribution >= 0.6 is 0 Å². The molecule has 1 fully saturated rings. The summed E-state index contributed by atoms with van der Waals surface area (Å²) in [6.45, 7) is 10.1. The summed E-state index contributed by atoms with van der Waals surface area (Å²) in [5.74, 6) is 0.867. The van der Waals surface area contributed by atoms with Gasteiger partial charge < -0.3 is 10.4 Å². The minimum absolute atomic E-state index is 0.377. The van der Waals surface area contributed by atoms with Crippen molar-refractivity contribution >= 4 is 0 Å². The Balaban J connectivity index is 2.29. The molecule has 0 aliphatic heterocycles. The number of rotatable bonds is 5. The molecule has 0 aromatic rings. The summed E-state index contributed by atoms with van der Waals surface area (Å²) in [6.07, 6.45) is 5.58. The van der Waals surface area contributed by atoms with Crippen molar-refractivity contribution in [2.45, 2.75) is 59.0 Å². The Kier molecular flexibility index (Phi) is 4.19. The first-order chi connectivity index (χ1) is 6.81. The molecule has 0 saturated heterocycles. The first-order valence-electron chi connectivity index (χ1n) is 6.24. The third-order valence-corrected chi connectivity index (χ3v) is 3.60. The molecule has 0 aromatic heterocycles. The van der Waals surface area contributed by atoms with E-state index < -0.39 is 5.60 Å². The Bertz CT molecular complexity index is 187. The molecule has 0 atom stereocenters. The monoisotopic (exact) mass is 213 g/mol. The highest BCUT2D eigenvalue weighted by Gasteiger charge is 2.31. The molecule has 0 spiro atoms. The zero-order chi connectivity index (χ0) is 11.5. The summed E-state index contributed by atoms with van der Waals surface area (Å²) in [4.78, 5) is 0. The van der Waals surface area contributed by atoms with Crippen LogP contribution < -0.4 is 5.32 Å². The van der Waals surface area contributed by atoms with Gasteiger partial charge in [0.25, 0.3) is 0 Å². The lowest BCUT2D eigenvalue weighted by Gasteiger charge is -2.33. The standard InChI is InChI=1S/C13H27NO/c1-12(2,11-7-5-6-8-11)9-14-10-13(3,4)15/h11,14-15H,5-10H2,1-4H3. The summed E-state index contributed by atoms with van der Waals surface area (Å²) in [7, 11) is 0. The molecule has 1 aliphatic rings. The summed E-state index contributed by atoms with van der Waals surface area (Å²) < 4.78 is 0. The first kappa shape index (κ1) is 13.0. The van der Waals surface area contributed by atoms with Gasteiger partial charge in [-0.05, 0) is 38.0 Å². The molecular weight excluding hydrogens is 186 g/mol. The van der Waals surface area contributed by atoms with Gasteiger partial charge in [-0.1, -0.05) is 26.7 Å². The predicted molar refractivity (Wildman–Crippen MR) is 64.9 cm³/mol. The van der Waals surface area contributed by atoms with Crippen LogP contribution in [0.1, 0.15) is 53.4 Å². The van der Waals surface area contributed by atoms with Crippen LogP contribution in [-0.4, -0.2) is 23.8 Å².